The van der Waals surface area contributed by atoms with Gasteiger partial charge in [-0.05, 0) is 12.8 Å². The van der Waals surface area contributed by atoms with Crippen LogP contribution in [0.15, 0.2) is 0 Å². The third-order valence-corrected chi connectivity index (χ3v) is 5.28. The van der Waals surface area contributed by atoms with Gasteiger partial charge in [-0.3, -0.25) is 0 Å². The van der Waals surface area contributed by atoms with Gasteiger partial charge in [-0.2, -0.15) is 0 Å². The Labute approximate surface area is 285 Å². The summed E-state index contributed by atoms with van der Waals surface area (Å²) < 4.78 is 14.7. The molecule has 0 atom stereocenters. The standard InChI is InChI=1S/C24H50O.2K.H3O4P.2H/c1-3-5-7-9-11-13-15-17-19-21-23-25-24-22-20-18-16-14-12-10-8-6-4-2;;;1-5(2,3)4;;/h3-24H2,1-2H3;;;(H3,1,2,3,4);;. The van der Waals surface area contributed by atoms with E-state index in [-0.39, 0.29) is 103 Å². The van der Waals surface area contributed by atoms with E-state index in [1.807, 2.05) is 0 Å². The Morgan fingerprint density at radius 1 is 0.469 bits per heavy atom. The zero-order chi connectivity index (χ0) is 22.8. The Balaban J connectivity index is -0.000000501. The number of unbranched alkanes of at least 4 members (excludes halogenated alkanes) is 18. The van der Waals surface area contributed by atoms with Crippen LogP contribution >= 0.6 is 7.82 Å². The third kappa shape index (κ3) is 54.3. The summed E-state index contributed by atoms with van der Waals surface area (Å²) in [6.07, 6.45) is 28.2. The van der Waals surface area contributed by atoms with E-state index in [1.165, 1.54) is 128 Å². The zero-order valence-electron chi connectivity index (χ0n) is 20.2. The van der Waals surface area contributed by atoms with Crippen LogP contribution in [0, 0.1) is 0 Å². The molecule has 3 N–H and O–H groups in total. The topological polar surface area (TPSA) is 87.0 Å². The van der Waals surface area contributed by atoms with Gasteiger partial charge < -0.3 is 19.4 Å². The Morgan fingerprint density at radius 3 is 0.875 bits per heavy atom. The predicted octanol–water partition coefficient (Wildman–Crippen LogP) is 6.62. The van der Waals surface area contributed by atoms with Gasteiger partial charge in [-0.15, -0.1) is 0 Å². The molecule has 0 saturated heterocycles. The van der Waals surface area contributed by atoms with Crippen molar-refractivity contribution in [2.24, 2.45) is 0 Å². The Morgan fingerprint density at radius 2 is 0.656 bits per heavy atom. The van der Waals surface area contributed by atoms with E-state index in [1.54, 1.807) is 0 Å². The summed E-state index contributed by atoms with van der Waals surface area (Å²) in [6, 6.07) is 0. The fourth-order valence-electron chi connectivity index (χ4n) is 3.49. The molecule has 8 heteroatoms. The van der Waals surface area contributed by atoms with E-state index >= 15 is 0 Å². The van der Waals surface area contributed by atoms with Gasteiger partial charge in [0.2, 0.25) is 0 Å². The van der Waals surface area contributed by atoms with Crippen LogP contribution < -0.4 is 0 Å². The summed E-state index contributed by atoms with van der Waals surface area (Å²) in [5.74, 6) is 0. The summed E-state index contributed by atoms with van der Waals surface area (Å²) in [7, 11) is -4.64. The first-order valence-corrected chi connectivity index (χ1v) is 14.3. The van der Waals surface area contributed by atoms with Crippen LogP contribution in [-0.2, 0) is 9.30 Å². The average molecular weight is 533 g/mol. The first-order chi connectivity index (χ1) is 14.4. The second-order valence-corrected chi connectivity index (χ2v) is 9.52. The maximum atomic E-state index is 8.88. The second kappa shape index (κ2) is 36.5. The van der Waals surface area contributed by atoms with Gasteiger partial charge in [-0.1, -0.05) is 129 Å². The molecule has 0 aromatic rings. The van der Waals surface area contributed by atoms with Crippen molar-refractivity contribution in [3.8, 4) is 0 Å². The summed E-state index contributed by atoms with van der Waals surface area (Å²) in [5.41, 5.74) is 0. The maximum absolute atomic E-state index is 8.88. The van der Waals surface area contributed by atoms with Crippen molar-refractivity contribution < 1.29 is 24.0 Å². The van der Waals surface area contributed by atoms with Gasteiger partial charge in [-0.25, -0.2) is 4.57 Å². The molecule has 188 valence electrons. The van der Waals surface area contributed by atoms with Crippen molar-refractivity contribution >= 4 is 111 Å². The molecule has 0 aromatic heterocycles. The Hall–Kier alpha value is 3.34. The van der Waals surface area contributed by atoms with Gasteiger partial charge in [0.15, 0.2) is 0 Å². The molecule has 0 heterocycles. The molecule has 0 aromatic carbocycles. The SMILES string of the molecule is CCCCCCCCCCCCOCCCCCCCCCCCC.O=P(O)(O)O.[KH].[KH]. The molecule has 32 heavy (non-hydrogen) atoms. The van der Waals surface area contributed by atoms with E-state index in [9.17, 15) is 0 Å². The Bertz CT molecular complexity index is 327. The zero-order valence-corrected chi connectivity index (χ0v) is 21.1. The molecular weight excluding hydrogens is 477 g/mol. The van der Waals surface area contributed by atoms with Crippen molar-refractivity contribution in [2.45, 2.75) is 142 Å². The molecule has 0 fully saturated rings. The number of hydrogen-bond donors (Lipinski definition) is 3. The van der Waals surface area contributed by atoms with Gasteiger partial charge in [0.25, 0.3) is 0 Å². The van der Waals surface area contributed by atoms with E-state index in [2.05, 4.69) is 13.8 Å². The summed E-state index contributed by atoms with van der Waals surface area (Å²) in [6.45, 7) is 6.57. The van der Waals surface area contributed by atoms with Crippen molar-refractivity contribution in [3.05, 3.63) is 0 Å². The molecule has 0 bridgehead atoms. The molecule has 5 nitrogen and oxygen atoms in total. The first-order valence-electron chi connectivity index (χ1n) is 12.8. The van der Waals surface area contributed by atoms with Crippen LogP contribution in [0.2, 0.25) is 0 Å². The summed E-state index contributed by atoms with van der Waals surface area (Å²) >= 11 is 0. The molecule has 0 radical (unpaired) electrons. The van der Waals surface area contributed by atoms with Crippen LogP contribution in [0.25, 0.3) is 0 Å². The van der Waals surface area contributed by atoms with E-state index in [0.29, 0.717) is 0 Å². The number of ether oxygens (including phenoxy) is 1. The molecule has 0 rings (SSSR count). The number of phosphoric acid groups is 1. The van der Waals surface area contributed by atoms with Crippen LogP contribution in [0.4, 0.5) is 0 Å². The molecule has 0 aliphatic rings. The molecule has 0 saturated carbocycles. The fourth-order valence-corrected chi connectivity index (χ4v) is 3.49. The van der Waals surface area contributed by atoms with Gasteiger partial charge in [0, 0.05) is 13.2 Å². The summed E-state index contributed by atoms with van der Waals surface area (Å²) in [5, 5.41) is 0. The van der Waals surface area contributed by atoms with Gasteiger partial charge >= 0.3 is 111 Å². The van der Waals surface area contributed by atoms with Crippen molar-refractivity contribution in [1.82, 2.24) is 0 Å². The van der Waals surface area contributed by atoms with Gasteiger partial charge in [0.1, 0.15) is 0 Å². The van der Waals surface area contributed by atoms with Crippen LogP contribution in [0.5, 0.6) is 0 Å². The predicted molar refractivity (Wildman–Crippen MR) is 143 cm³/mol. The molecule has 0 aliphatic heterocycles. The van der Waals surface area contributed by atoms with Crippen molar-refractivity contribution in [3.63, 3.8) is 0 Å². The number of hydrogen-bond acceptors (Lipinski definition) is 2. The summed E-state index contributed by atoms with van der Waals surface area (Å²) in [4.78, 5) is 21.6. The Kier molecular flexibility index (Phi) is 48.4. The third-order valence-electron chi connectivity index (χ3n) is 5.28. The van der Waals surface area contributed by atoms with Crippen molar-refractivity contribution in [2.75, 3.05) is 13.2 Å². The van der Waals surface area contributed by atoms with Crippen LogP contribution in [0.3, 0.4) is 0 Å². The molecule has 0 spiro atoms. The normalized spacial score (nSPS) is 10.7. The molecule has 0 amide bonds. The number of rotatable bonds is 22. The van der Waals surface area contributed by atoms with E-state index < -0.39 is 7.82 Å². The van der Waals surface area contributed by atoms with Crippen molar-refractivity contribution in [1.29, 1.82) is 0 Å². The first kappa shape index (κ1) is 42.4. The quantitative estimate of drug-likeness (QED) is 0.0828. The van der Waals surface area contributed by atoms with Crippen LogP contribution in [-0.4, -0.2) is 131 Å². The molecule has 0 unspecified atom stereocenters. The minimum atomic E-state index is -4.64. The molecule has 0 aliphatic carbocycles. The molecular formula is C24H55K2O5P. The average Bonchev–Trinajstić information content (AvgIpc) is 2.68. The van der Waals surface area contributed by atoms with Gasteiger partial charge in [0.05, 0.1) is 0 Å². The van der Waals surface area contributed by atoms with E-state index in [0.717, 1.165) is 13.2 Å². The fraction of sp³-hybridized carbons (Fsp3) is 1.00. The second-order valence-electron chi connectivity index (χ2n) is 8.49. The minimum absolute atomic E-state index is 0. The van der Waals surface area contributed by atoms with Crippen LogP contribution in [0.1, 0.15) is 142 Å². The van der Waals surface area contributed by atoms with E-state index in [4.69, 9.17) is 24.0 Å². The monoisotopic (exact) mass is 532 g/mol.